The zero-order valence-corrected chi connectivity index (χ0v) is 13.5. The van der Waals surface area contributed by atoms with Crippen LogP contribution in [0.4, 0.5) is 10.1 Å². The fourth-order valence-corrected chi connectivity index (χ4v) is 2.99. The minimum Gasteiger partial charge on any atom is -0.258 e. The highest BCUT2D eigenvalue weighted by atomic mass is 32.1. The molecule has 5 nitrogen and oxygen atoms in total. The van der Waals surface area contributed by atoms with E-state index in [0.717, 1.165) is 0 Å². The summed E-state index contributed by atoms with van der Waals surface area (Å²) in [6.45, 7) is 0. The molecule has 1 heterocycles. The highest BCUT2D eigenvalue weighted by molar-refractivity contribution is 7.11. The molecule has 0 unspecified atom stereocenters. The number of benzene rings is 2. The lowest BCUT2D eigenvalue weighted by molar-refractivity contribution is -0.384. The summed E-state index contributed by atoms with van der Waals surface area (Å²) in [6, 6.07) is 14.3. The molecule has 122 valence electrons. The van der Waals surface area contributed by atoms with Gasteiger partial charge in [-0.3, -0.25) is 10.1 Å². The minimum atomic E-state index is -0.477. The van der Waals surface area contributed by atoms with E-state index < -0.39 is 10.7 Å². The molecule has 0 saturated heterocycles. The summed E-state index contributed by atoms with van der Waals surface area (Å²) in [5.74, 6) is -0.425. The van der Waals surface area contributed by atoms with Crippen molar-refractivity contribution in [3.05, 3.63) is 80.4 Å². The summed E-state index contributed by atoms with van der Waals surface area (Å²) in [7, 11) is 0. The van der Waals surface area contributed by atoms with E-state index in [1.54, 1.807) is 35.7 Å². The first-order chi connectivity index (χ1) is 12.1. The van der Waals surface area contributed by atoms with Gasteiger partial charge in [0.15, 0.2) is 0 Å². The van der Waals surface area contributed by atoms with Crippen molar-refractivity contribution in [3.8, 4) is 17.3 Å². The summed E-state index contributed by atoms with van der Waals surface area (Å²) in [4.78, 5) is 14.8. The van der Waals surface area contributed by atoms with Crippen molar-refractivity contribution in [1.82, 2.24) is 4.98 Å². The van der Waals surface area contributed by atoms with Gasteiger partial charge in [-0.25, -0.2) is 9.37 Å². The second-order valence-electron chi connectivity index (χ2n) is 5.04. The Morgan fingerprint density at radius 3 is 2.80 bits per heavy atom. The molecular formula is C18H10FN3O2S. The van der Waals surface area contributed by atoms with Crippen LogP contribution < -0.4 is 0 Å². The van der Waals surface area contributed by atoms with Crippen LogP contribution in [0.3, 0.4) is 0 Å². The lowest BCUT2D eigenvalue weighted by Crippen LogP contribution is -1.88. The van der Waals surface area contributed by atoms with Crippen molar-refractivity contribution in [2.75, 3.05) is 0 Å². The van der Waals surface area contributed by atoms with E-state index in [1.165, 1.54) is 35.6 Å². The molecule has 0 saturated carbocycles. The maximum Gasteiger partial charge on any atom is 0.270 e. The summed E-state index contributed by atoms with van der Waals surface area (Å²) < 4.78 is 13.8. The standard InChI is InChI=1S/C18H10FN3O2S/c19-16-7-2-1-4-12(16)8-14(10-20)18-21-17(11-25-18)13-5-3-6-15(9-13)22(23)24/h1-9,11H/b14-8+. The third-order valence-electron chi connectivity index (χ3n) is 3.41. The van der Waals surface area contributed by atoms with Crippen molar-refractivity contribution in [2.45, 2.75) is 0 Å². The maximum absolute atomic E-state index is 13.8. The van der Waals surface area contributed by atoms with Gasteiger partial charge in [0.05, 0.1) is 16.2 Å². The monoisotopic (exact) mass is 351 g/mol. The van der Waals surface area contributed by atoms with E-state index in [4.69, 9.17) is 0 Å². The van der Waals surface area contributed by atoms with Crippen LogP contribution in [0.5, 0.6) is 0 Å². The number of nitrogens with zero attached hydrogens (tertiary/aromatic N) is 3. The highest BCUT2D eigenvalue weighted by Gasteiger charge is 2.12. The smallest absolute Gasteiger partial charge is 0.258 e. The third-order valence-corrected chi connectivity index (χ3v) is 4.29. The predicted molar refractivity (Wildman–Crippen MR) is 94.1 cm³/mol. The second kappa shape index (κ2) is 7.03. The topological polar surface area (TPSA) is 79.8 Å². The number of halogens is 1. The van der Waals surface area contributed by atoms with Crippen LogP contribution in [0.25, 0.3) is 22.9 Å². The third kappa shape index (κ3) is 3.59. The van der Waals surface area contributed by atoms with Gasteiger partial charge in [-0.05, 0) is 12.1 Å². The lowest BCUT2D eigenvalue weighted by atomic mass is 10.1. The first-order valence-corrected chi connectivity index (χ1v) is 8.03. The SMILES string of the molecule is N#C/C(=C\c1ccccc1F)c1nc(-c2cccc([N+](=O)[O-])c2)cs1. The molecule has 0 radical (unpaired) electrons. The minimum absolute atomic E-state index is 0.0329. The van der Waals surface area contributed by atoms with E-state index in [1.807, 2.05) is 6.07 Å². The molecule has 0 fully saturated rings. The largest absolute Gasteiger partial charge is 0.270 e. The molecule has 25 heavy (non-hydrogen) atoms. The first-order valence-electron chi connectivity index (χ1n) is 7.15. The summed E-state index contributed by atoms with van der Waals surface area (Å²) >= 11 is 1.22. The van der Waals surface area contributed by atoms with Gasteiger partial charge in [0.1, 0.15) is 16.9 Å². The van der Waals surface area contributed by atoms with Gasteiger partial charge in [-0.15, -0.1) is 11.3 Å². The molecule has 0 bridgehead atoms. The van der Waals surface area contributed by atoms with Gasteiger partial charge in [0.2, 0.25) is 0 Å². The van der Waals surface area contributed by atoms with Crippen molar-refractivity contribution in [1.29, 1.82) is 5.26 Å². The summed E-state index contributed by atoms with van der Waals surface area (Å²) in [5, 5.41) is 22.4. The number of hydrogen-bond donors (Lipinski definition) is 0. The van der Waals surface area contributed by atoms with Gasteiger partial charge in [-0.2, -0.15) is 5.26 Å². The Morgan fingerprint density at radius 2 is 2.08 bits per heavy atom. The zero-order valence-electron chi connectivity index (χ0n) is 12.7. The molecule has 3 rings (SSSR count). The zero-order chi connectivity index (χ0) is 17.8. The quantitative estimate of drug-likeness (QED) is 0.379. The van der Waals surface area contributed by atoms with Crippen molar-refractivity contribution >= 4 is 28.7 Å². The molecule has 0 N–H and O–H groups in total. The normalized spacial score (nSPS) is 11.1. The number of nitro benzene ring substituents is 1. The summed E-state index contributed by atoms with van der Waals surface area (Å²) in [6.07, 6.45) is 1.44. The van der Waals surface area contributed by atoms with Crippen molar-refractivity contribution in [2.24, 2.45) is 0 Å². The number of hydrogen-bond acceptors (Lipinski definition) is 5. The number of non-ortho nitro benzene ring substituents is 1. The Balaban J connectivity index is 1.98. The Kier molecular flexibility index (Phi) is 4.64. The molecule has 7 heteroatoms. The molecule has 0 aliphatic carbocycles. The molecular weight excluding hydrogens is 341 g/mol. The van der Waals surface area contributed by atoms with E-state index in [0.29, 0.717) is 21.8 Å². The highest BCUT2D eigenvalue weighted by Crippen LogP contribution is 2.29. The second-order valence-corrected chi connectivity index (χ2v) is 5.89. The van der Waals surface area contributed by atoms with E-state index in [-0.39, 0.29) is 11.3 Å². The predicted octanol–water partition coefficient (Wildman–Crippen LogP) is 4.92. The number of rotatable bonds is 4. The average Bonchev–Trinajstić information content (AvgIpc) is 3.11. The van der Waals surface area contributed by atoms with E-state index in [9.17, 15) is 19.8 Å². The number of aromatic nitrogens is 1. The van der Waals surface area contributed by atoms with Crippen molar-refractivity contribution < 1.29 is 9.31 Å². The van der Waals surface area contributed by atoms with E-state index >= 15 is 0 Å². The number of nitriles is 1. The van der Waals surface area contributed by atoms with Gasteiger partial charge < -0.3 is 0 Å². The van der Waals surface area contributed by atoms with Gasteiger partial charge in [-0.1, -0.05) is 30.3 Å². The van der Waals surface area contributed by atoms with Crippen LogP contribution in [0.2, 0.25) is 0 Å². The fraction of sp³-hybridized carbons (Fsp3) is 0. The van der Waals surface area contributed by atoms with Gasteiger partial charge in [0.25, 0.3) is 5.69 Å². The average molecular weight is 351 g/mol. The Morgan fingerprint density at radius 1 is 1.28 bits per heavy atom. The fourth-order valence-electron chi connectivity index (χ4n) is 2.20. The molecule has 0 spiro atoms. The number of thiazole rings is 1. The summed E-state index contributed by atoms with van der Waals surface area (Å²) in [5.41, 5.74) is 1.60. The van der Waals surface area contributed by atoms with Crippen LogP contribution in [0, 0.1) is 27.3 Å². The van der Waals surface area contributed by atoms with Crippen LogP contribution in [-0.4, -0.2) is 9.91 Å². The van der Waals surface area contributed by atoms with Crippen LogP contribution in [0.15, 0.2) is 53.9 Å². The molecule has 0 aliphatic heterocycles. The molecule has 1 aromatic heterocycles. The van der Waals surface area contributed by atoms with Crippen LogP contribution in [-0.2, 0) is 0 Å². The molecule has 0 aliphatic rings. The Bertz CT molecular complexity index is 1020. The number of allylic oxidation sites excluding steroid dienone is 1. The van der Waals surface area contributed by atoms with Crippen molar-refractivity contribution in [3.63, 3.8) is 0 Å². The maximum atomic E-state index is 13.8. The lowest BCUT2D eigenvalue weighted by Gasteiger charge is -1.98. The van der Waals surface area contributed by atoms with E-state index in [2.05, 4.69) is 4.98 Å². The molecule has 2 aromatic carbocycles. The molecule has 0 atom stereocenters. The van der Waals surface area contributed by atoms with Gasteiger partial charge in [0, 0.05) is 28.6 Å². The van der Waals surface area contributed by atoms with Gasteiger partial charge >= 0.3 is 0 Å². The molecule has 0 amide bonds. The Hall–Kier alpha value is -3.37. The molecule has 3 aromatic rings. The first kappa shape index (κ1) is 16.5. The van der Waals surface area contributed by atoms with Crippen LogP contribution in [0.1, 0.15) is 10.6 Å². The van der Waals surface area contributed by atoms with Crippen LogP contribution >= 0.6 is 11.3 Å². The number of nitro groups is 1. The Labute approximate surface area is 146 Å².